The van der Waals surface area contributed by atoms with E-state index in [-0.39, 0.29) is 18.5 Å². The summed E-state index contributed by atoms with van der Waals surface area (Å²) in [5.41, 5.74) is 1.04. The van der Waals surface area contributed by atoms with Crippen molar-refractivity contribution in [1.82, 2.24) is 0 Å². The van der Waals surface area contributed by atoms with Gasteiger partial charge in [-0.2, -0.15) is 0 Å². The number of hydrogen-bond donors (Lipinski definition) is 1. The Bertz CT molecular complexity index is 182. The minimum Gasteiger partial charge on any atom is -0.435 e. The van der Waals surface area contributed by atoms with Gasteiger partial charge < -0.3 is 9.84 Å². The molecule has 0 aromatic carbocycles. The Balaban J connectivity index is 2.35. The smallest absolute Gasteiger partial charge is 0.307 e. The molecule has 3 heteroatoms. The van der Waals surface area contributed by atoms with Crippen LogP contribution in [0.3, 0.4) is 0 Å². The molecule has 1 saturated carbocycles. The van der Waals surface area contributed by atoms with Gasteiger partial charge in [-0.15, -0.1) is 0 Å². The second kappa shape index (κ2) is 3.53. The fourth-order valence-corrected chi connectivity index (χ4v) is 1.04. The summed E-state index contributed by atoms with van der Waals surface area (Å²) in [5.74, 6) is -0.0737. The normalized spacial score (nSPS) is 26.4. The standard InChI is InChI=1S/C8H12O3/c1-6(10)11-5-8-3-2-7(8)4-9/h5,7,9H,2-4H2,1H3/b8-5-. The number of carbonyl (C=O) groups is 1. The Labute approximate surface area is 65.7 Å². The van der Waals surface area contributed by atoms with Crippen molar-refractivity contribution in [2.24, 2.45) is 5.92 Å². The molecular weight excluding hydrogens is 144 g/mol. The molecule has 0 spiro atoms. The highest BCUT2D eigenvalue weighted by atomic mass is 16.5. The van der Waals surface area contributed by atoms with E-state index >= 15 is 0 Å². The maximum atomic E-state index is 10.4. The lowest BCUT2D eigenvalue weighted by Crippen LogP contribution is -2.19. The van der Waals surface area contributed by atoms with Crippen LogP contribution < -0.4 is 0 Å². The molecule has 1 aliphatic carbocycles. The van der Waals surface area contributed by atoms with Crippen molar-refractivity contribution in [1.29, 1.82) is 0 Å². The van der Waals surface area contributed by atoms with Gasteiger partial charge in [-0.05, 0) is 18.4 Å². The van der Waals surface area contributed by atoms with Crippen molar-refractivity contribution in [2.75, 3.05) is 6.61 Å². The van der Waals surface area contributed by atoms with Crippen LogP contribution in [-0.4, -0.2) is 17.7 Å². The Morgan fingerprint density at radius 1 is 1.91 bits per heavy atom. The lowest BCUT2D eigenvalue weighted by Gasteiger charge is -2.26. The minimum absolute atomic E-state index is 0.160. The van der Waals surface area contributed by atoms with Gasteiger partial charge in [0, 0.05) is 19.4 Å². The van der Waals surface area contributed by atoms with Crippen molar-refractivity contribution in [3.63, 3.8) is 0 Å². The van der Waals surface area contributed by atoms with Gasteiger partial charge in [-0.3, -0.25) is 4.79 Å². The lowest BCUT2D eigenvalue weighted by molar-refractivity contribution is -0.135. The molecule has 1 rings (SSSR count). The van der Waals surface area contributed by atoms with Crippen LogP contribution in [0.1, 0.15) is 19.8 Å². The summed E-state index contributed by atoms with van der Waals surface area (Å²) < 4.78 is 4.67. The van der Waals surface area contributed by atoms with Crippen molar-refractivity contribution in [2.45, 2.75) is 19.8 Å². The summed E-state index contributed by atoms with van der Waals surface area (Å²) in [4.78, 5) is 10.4. The molecule has 0 radical (unpaired) electrons. The molecule has 1 aliphatic rings. The quantitative estimate of drug-likeness (QED) is 0.476. The highest BCUT2D eigenvalue weighted by Crippen LogP contribution is 2.32. The average molecular weight is 156 g/mol. The highest BCUT2D eigenvalue weighted by molar-refractivity contribution is 5.66. The van der Waals surface area contributed by atoms with Gasteiger partial charge in [0.1, 0.15) is 0 Å². The number of rotatable bonds is 2. The van der Waals surface area contributed by atoms with E-state index in [2.05, 4.69) is 4.74 Å². The number of aliphatic hydroxyl groups excluding tert-OH is 1. The lowest BCUT2D eigenvalue weighted by atomic mass is 9.81. The van der Waals surface area contributed by atoms with Crippen LogP contribution >= 0.6 is 0 Å². The molecule has 0 amide bonds. The third kappa shape index (κ3) is 2.05. The van der Waals surface area contributed by atoms with Crippen LogP contribution in [0.2, 0.25) is 0 Å². The van der Waals surface area contributed by atoms with E-state index in [0.717, 1.165) is 18.4 Å². The topological polar surface area (TPSA) is 46.5 Å². The second-order valence-electron chi connectivity index (χ2n) is 2.72. The van der Waals surface area contributed by atoms with E-state index < -0.39 is 0 Å². The predicted molar refractivity (Wildman–Crippen MR) is 39.7 cm³/mol. The van der Waals surface area contributed by atoms with Gasteiger partial charge in [0.05, 0.1) is 6.26 Å². The highest BCUT2D eigenvalue weighted by Gasteiger charge is 2.23. The van der Waals surface area contributed by atoms with Crippen LogP contribution in [0.4, 0.5) is 0 Å². The Morgan fingerprint density at radius 2 is 2.64 bits per heavy atom. The summed E-state index contributed by atoms with van der Waals surface area (Å²) in [6.07, 6.45) is 3.41. The summed E-state index contributed by atoms with van der Waals surface area (Å²) in [7, 11) is 0. The molecular formula is C8H12O3. The van der Waals surface area contributed by atoms with Crippen molar-refractivity contribution in [3.8, 4) is 0 Å². The number of aliphatic hydroxyl groups is 1. The molecule has 3 nitrogen and oxygen atoms in total. The van der Waals surface area contributed by atoms with Gasteiger partial charge in [0.25, 0.3) is 0 Å². The fraction of sp³-hybridized carbons (Fsp3) is 0.625. The Kier molecular flexibility index (Phi) is 2.65. The maximum Gasteiger partial charge on any atom is 0.307 e. The maximum absolute atomic E-state index is 10.4. The van der Waals surface area contributed by atoms with E-state index in [1.165, 1.54) is 13.2 Å². The number of ether oxygens (including phenoxy) is 1. The predicted octanol–water partition coefficient (Wildman–Crippen LogP) is 0.836. The van der Waals surface area contributed by atoms with Crippen LogP contribution in [0.5, 0.6) is 0 Å². The molecule has 0 heterocycles. The van der Waals surface area contributed by atoms with Gasteiger partial charge in [0.15, 0.2) is 0 Å². The van der Waals surface area contributed by atoms with E-state index in [4.69, 9.17) is 5.11 Å². The molecule has 1 unspecified atom stereocenters. The molecule has 0 aliphatic heterocycles. The minimum atomic E-state index is -0.305. The van der Waals surface area contributed by atoms with Crippen molar-refractivity contribution < 1.29 is 14.6 Å². The molecule has 0 aromatic rings. The summed E-state index contributed by atoms with van der Waals surface area (Å²) in [6, 6.07) is 0. The van der Waals surface area contributed by atoms with Crippen LogP contribution in [-0.2, 0) is 9.53 Å². The zero-order chi connectivity index (χ0) is 8.27. The molecule has 0 aromatic heterocycles. The number of carbonyl (C=O) groups excluding carboxylic acids is 1. The zero-order valence-electron chi connectivity index (χ0n) is 6.54. The number of esters is 1. The van der Waals surface area contributed by atoms with Crippen LogP contribution in [0.15, 0.2) is 11.8 Å². The Hall–Kier alpha value is -0.830. The van der Waals surface area contributed by atoms with Crippen LogP contribution in [0.25, 0.3) is 0 Å². The van der Waals surface area contributed by atoms with Gasteiger partial charge in [0.2, 0.25) is 0 Å². The Morgan fingerprint density at radius 3 is 3.00 bits per heavy atom. The first-order valence-electron chi connectivity index (χ1n) is 3.71. The SMILES string of the molecule is CC(=O)O/C=C1/CCC1CO. The van der Waals surface area contributed by atoms with Gasteiger partial charge >= 0.3 is 5.97 Å². The van der Waals surface area contributed by atoms with Gasteiger partial charge in [-0.25, -0.2) is 0 Å². The molecule has 0 bridgehead atoms. The van der Waals surface area contributed by atoms with E-state index in [0.29, 0.717) is 0 Å². The molecule has 62 valence electrons. The largest absolute Gasteiger partial charge is 0.435 e. The number of hydrogen-bond acceptors (Lipinski definition) is 3. The molecule has 11 heavy (non-hydrogen) atoms. The van der Waals surface area contributed by atoms with E-state index in [9.17, 15) is 4.79 Å². The molecule has 1 atom stereocenters. The third-order valence-electron chi connectivity index (χ3n) is 1.90. The first-order chi connectivity index (χ1) is 5.24. The van der Waals surface area contributed by atoms with Crippen LogP contribution in [0, 0.1) is 5.92 Å². The van der Waals surface area contributed by atoms with E-state index in [1.54, 1.807) is 0 Å². The molecule has 1 N–H and O–H groups in total. The summed E-state index contributed by atoms with van der Waals surface area (Å²) >= 11 is 0. The summed E-state index contributed by atoms with van der Waals surface area (Å²) in [6.45, 7) is 1.52. The monoisotopic (exact) mass is 156 g/mol. The molecule has 0 saturated heterocycles. The van der Waals surface area contributed by atoms with Crippen molar-refractivity contribution in [3.05, 3.63) is 11.8 Å². The average Bonchev–Trinajstić information content (AvgIpc) is 1.86. The van der Waals surface area contributed by atoms with E-state index in [1.807, 2.05) is 0 Å². The van der Waals surface area contributed by atoms with Gasteiger partial charge in [-0.1, -0.05) is 0 Å². The molecule has 1 fully saturated rings. The third-order valence-corrected chi connectivity index (χ3v) is 1.90. The summed E-state index contributed by atoms with van der Waals surface area (Å²) in [5, 5.41) is 8.74. The first-order valence-corrected chi connectivity index (χ1v) is 3.71. The second-order valence-corrected chi connectivity index (χ2v) is 2.72. The first kappa shape index (κ1) is 8.27. The van der Waals surface area contributed by atoms with Crippen molar-refractivity contribution >= 4 is 5.97 Å². The zero-order valence-corrected chi connectivity index (χ0v) is 6.54. The fourth-order valence-electron chi connectivity index (χ4n) is 1.04.